The molecule has 5 heteroatoms. The van der Waals surface area contributed by atoms with E-state index in [1.807, 2.05) is 24.3 Å². The highest BCUT2D eigenvalue weighted by atomic mass is 16.5. The Morgan fingerprint density at radius 2 is 2.11 bits per heavy atom. The molecule has 0 radical (unpaired) electrons. The monoisotopic (exact) mass is 261 g/mol. The predicted molar refractivity (Wildman–Crippen MR) is 69.3 cm³/mol. The molecule has 2 rings (SSSR count). The Hall–Kier alpha value is -1.98. The number of hydrogen-bond acceptors (Lipinski definition) is 5. The molecule has 1 heterocycles. The van der Waals surface area contributed by atoms with Crippen LogP contribution in [0, 0.1) is 0 Å². The van der Waals surface area contributed by atoms with Gasteiger partial charge in [-0.3, -0.25) is 4.98 Å². The van der Waals surface area contributed by atoms with Crippen LogP contribution in [0.1, 0.15) is 18.6 Å². The Balaban J connectivity index is 2.25. The van der Waals surface area contributed by atoms with E-state index in [0.717, 1.165) is 10.9 Å². The molecule has 1 aromatic carbocycles. The standard InChI is InChI=1S/C14H15NO4/c1-2-19-14(18)13(17)12(16)10-7-9-5-3-4-6-11(9)15-8-10/h3-8,12-13,16-17H,2H2,1H3. The summed E-state index contributed by atoms with van der Waals surface area (Å²) in [6, 6.07) is 9.08. The summed E-state index contributed by atoms with van der Waals surface area (Å²) < 4.78 is 4.66. The third-order valence-corrected chi connectivity index (χ3v) is 2.78. The van der Waals surface area contributed by atoms with E-state index in [2.05, 4.69) is 9.72 Å². The quantitative estimate of drug-likeness (QED) is 0.808. The average Bonchev–Trinajstić information content (AvgIpc) is 2.45. The van der Waals surface area contributed by atoms with Gasteiger partial charge < -0.3 is 14.9 Å². The lowest BCUT2D eigenvalue weighted by Gasteiger charge is -2.16. The number of nitrogens with zero attached hydrogens (tertiary/aromatic N) is 1. The summed E-state index contributed by atoms with van der Waals surface area (Å²) in [4.78, 5) is 15.5. The number of carbonyl (C=O) groups is 1. The van der Waals surface area contributed by atoms with Crippen LogP contribution in [0.3, 0.4) is 0 Å². The van der Waals surface area contributed by atoms with Crippen molar-refractivity contribution in [1.29, 1.82) is 0 Å². The lowest BCUT2D eigenvalue weighted by Crippen LogP contribution is -2.29. The maximum absolute atomic E-state index is 11.4. The van der Waals surface area contributed by atoms with Gasteiger partial charge in [-0.05, 0) is 19.1 Å². The van der Waals surface area contributed by atoms with Gasteiger partial charge in [0, 0.05) is 17.1 Å². The number of ether oxygens (including phenoxy) is 1. The Bertz CT molecular complexity index is 584. The molecule has 0 spiro atoms. The van der Waals surface area contributed by atoms with Crippen molar-refractivity contribution in [2.75, 3.05) is 6.61 Å². The van der Waals surface area contributed by atoms with Crippen molar-refractivity contribution in [3.05, 3.63) is 42.1 Å². The summed E-state index contributed by atoms with van der Waals surface area (Å²) in [6.45, 7) is 1.78. The van der Waals surface area contributed by atoms with Gasteiger partial charge in [-0.1, -0.05) is 18.2 Å². The normalized spacial score (nSPS) is 14.1. The summed E-state index contributed by atoms with van der Waals surface area (Å²) in [5.74, 6) is -0.844. The van der Waals surface area contributed by atoms with E-state index >= 15 is 0 Å². The van der Waals surface area contributed by atoms with Gasteiger partial charge in [-0.2, -0.15) is 0 Å². The lowest BCUT2D eigenvalue weighted by molar-refractivity contribution is -0.159. The van der Waals surface area contributed by atoms with Crippen molar-refractivity contribution in [1.82, 2.24) is 4.98 Å². The Labute approximate surface area is 110 Å². The van der Waals surface area contributed by atoms with E-state index in [-0.39, 0.29) is 6.61 Å². The molecule has 0 bridgehead atoms. The smallest absolute Gasteiger partial charge is 0.338 e. The first-order chi connectivity index (χ1) is 9.13. The first-order valence-electron chi connectivity index (χ1n) is 6.01. The van der Waals surface area contributed by atoms with Crippen LogP contribution >= 0.6 is 0 Å². The molecular weight excluding hydrogens is 246 g/mol. The number of aliphatic hydroxyl groups is 2. The highest BCUT2D eigenvalue weighted by molar-refractivity contribution is 5.79. The van der Waals surface area contributed by atoms with Crippen molar-refractivity contribution >= 4 is 16.9 Å². The topological polar surface area (TPSA) is 79.7 Å². The third kappa shape index (κ3) is 2.89. The summed E-state index contributed by atoms with van der Waals surface area (Å²) >= 11 is 0. The molecule has 0 saturated carbocycles. The number of pyridine rings is 1. The van der Waals surface area contributed by atoms with E-state index in [0.29, 0.717) is 5.56 Å². The van der Waals surface area contributed by atoms with Gasteiger partial charge in [-0.15, -0.1) is 0 Å². The molecule has 0 fully saturated rings. The molecule has 1 aromatic heterocycles. The molecule has 0 aliphatic rings. The maximum atomic E-state index is 11.4. The van der Waals surface area contributed by atoms with Gasteiger partial charge >= 0.3 is 5.97 Å². The molecule has 2 unspecified atom stereocenters. The first kappa shape index (κ1) is 13.5. The Morgan fingerprint density at radius 1 is 1.37 bits per heavy atom. The number of aliphatic hydroxyl groups excluding tert-OH is 2. The van der Waals surface area contributed by atoms with E-state index in [1.165, 1.54) is 6.20 Å². The average molecular weight is 261 g/mol. The molecule has 2 atom stereocenters. The fourth-order valence-corrected chi connectivity index (χ4v) is 1.79. The molecule has 19 heavy (non-hydrogen) atoms. The van der Waals surface area contributed by atoms with Crippen LogP contribution in [-0.2, 0) is 9.53 Å². The summed E-state index contributed by atoms with van der Waals surface area (Å²) in [5, 5.41) is 20.5. The van der Waals surface area contributed by atoms with Crippen LogP contribution < -0.4 is 0 Å². The molecule has 100 valence electrons. The predicted octanol–water partition coefficient (Wildman–Crippen LogP) is 1.19. The fourth-order valence-electron chi connectivity index (χ4n) is 1.79. The Morgan fingerprint density at radius 3 is 2.84 bits per heavy atom. The molecule has 0 amide bonds. The van der Waals surface area contributed by atoms with E-state index in [1.54, 1.807) is 13.0 Å². The Kier molecular flexibility index (Phi) is 4.09. The van der Waals surface area contributed by atoms with Crippen molar-refractivity contribution in [2.45, 2.75) is 19.1 Å². The highest BCUT2D eigenvalue weighted by Gasteiger charge is 2.27. The van der Waals surface area contributed by atoms with Crippen LogP contribution in [0.4, 0.5) is 0 Å². The zero-order valence-electron chi connectivity index (χ0n) is 10.5. The molecular formula is C14H15NO4. The van der Waals surface area contributed by atoms with Gasteiger partial charge in [0.2, 0.25) is 0 Å². The number of para-hydroxylation sites is 1. The minimum atomic E-state index is -1.61. The van der Waals surface area contributed by atoms with Gasteiger partial charge in [0.1, 0.15) is 6.10 Å². The molecule has 0 aliphatic carbocycles. The van der Waals surface area contributed by atoms with Crippen LogP contribution in [0.25, 0.3) is 10.9 Å². The summed E-state index contributed by atoms with van der Waals surface area (Å²) in [6.07, 6.45) is -1.52. The third-order valence-electron chi connectivity index (χ3n) is 2.78. The number of aromatic nitrogens is 1. The SMILES string of the molecule is CCOC(=O)C(O)C(O)c1cnc2ccccc2c1. The van der Waals surface area contributed by atoms with Crippen LogP contribution in [0.5, 0.6) is 0 Å². The second-order valence-electron chi connectivity index (χ2n) is 4.10. The number of esters is 1. The lowest BCUT2D eigenvalue weighted by atomic mass is 10.0. The largest absolute Gasteiger partial charge is 0.464 e. The van der Waals surface area contributed by atoms with Gasteiger partial charge in [0.05, 0.1) is 12.1 Å². The number of benzene rings is 1. The first-order valence-corrected chi connectivity index (χ1v) is 6.01. The summed E-state index contributed by atoms with van der Waals surface area (Å²) in [5.41, 5.74) is 1.16. The molecule has 0 aliphatic heterocycles. The second-order valence-corrected chi connectivity index (χ2v) is 4.10. The van der Waals surface area contributed by atoms with E-state index in [4.69, 9.17) is 0 Å². The molecule has 0 saturated heterocycles. The zero-order chi connectivity index (χ0) is 13.8. The fraction of sp³-hybridized carbons (Fsp3) is 0.286. The minimum absolute atomic E-state index is 0.151. The molecule has 5 nitrogen and oxygen atoms in total. The van der Waals surface area contributed by atoms with Gasteiger partial charge in [0.15, 0.2) is 6.10 Å². The van der Waals surface area contributed by atoms with Crippen molar-refractivity contribution < 1.29 is 19.7 Å². The van der Waals surface area contributed by atoms with Gasteiger partial charge in [-0.25, -0.2) is 4.79 Å². The second kappa shape index (κ2) is 5.77. The maximum Gasteiger partial charge on any atom is 0.338 e. The van der Waals surface area contributed by atoms with Crippen LogP contribution in [-0.4, -0.2) is 33.9 Å². The van der Waals surface area contributed by atoms with Crippen LogP contribution in [0.2, 0.25) is 0 Å². The number of carbonyl (C=O) groups excluding carboxylic acids is 1. The van der Waals surface area contributed by atoms with Gasteiger partial charge in [0.25, 0.3) is 0 Å². The zero-order valence-corrected chi connectivity index (χ0v) is 10.5. The number of hydrogen-bond donors (Lipinski definition) is 2. The number of rotatable bonds is 4. The molecule has 2 aromatic rings. The van der Waals surface area contributed by atoms with E-state index in [9.17, 15) is 15.0 Å². The molecule has 2 N–H and O–H groups in total. The summed E-state index contributed by atoms with van der Waals surface area (Å²) in [7, 11) is 0. The minimum Gasteiger partial charge on any atom is -0.464 e. The highest BCUT2D eigenvalue weighted by Crippen LogP contribution is 2.21. The van der Waals surface area contributed by atoms with Crippen LogP contribution in [0.15, 0.2) is 36.5 Å². The van der Waals surface area contributed by atoms with Crippen molar-refractivity contribution in [3.8, 4) is 0 Å². The van der Waals surface area contributed by atoms with Crippen molar-refractivity contribution in [3.63, 3.8) is 0 Å². The number of fused-ring (bicyclic) bond motifs is 1. The van der Waals surface area contributed by atoms with Crippen molar-refractivity contribution in [2.24, 2.45) is 0 Å². The van der Waals surface area contributed by atoms with E-state index < -0.39 is 18.2 Å².